The lowest BCUT2D eigenvalue weighted by molar-refractivity contribution is 0.317. The summed E-state index contributed by atoms with van der Waals surface area (Å²) >= 11 is 3.54. The molecular weight excluding hydrogens is 264 g/mol. The van der Waals surface area contributed by atoms with Crippen LogP contribution in [-0.4, -0.2) is 11.0 Å². The topological polar surface area (TPSA) is 24.9 Å². The van der Waals surface area contributed by atoms with Crippen molar-refractivity contribution < 1.29 is 0 Å². The minimum atomic E-state index is 0.637. The first kappa shape index (κ1) is 11.9. The van der Waals surface area contributed by atoms with Crippen molar-refractivity contribution >= 4 is 21.6 Å². The first-order valence-electron chi connectivity index (χ1n) is 6.17. The van der Waals surface area contributed by atoms with E-state index in [1.807, 2.05) is 18.5 Å². The van der Waals surface area contributed by atoms with E-state index in [-0.39, 0.29) is 0 Å². The summed E-state index contributed by atoms with van der Waals surface area (Å²) in [5.41, 5.74) is 1.18. The van der Waals surface area contributed by atoms with Crippen LogP contribution in [-0.2, 0) is 0 Å². The highest BCUT2D eigenvalue weighted by atomic mass is 79.9. The predicted octanol–water partition coefficient (Wildman–Crippen LogP) is 4.22. The van der Waals surface area contributed by atoms with Crippen molar-refractivity contribution in [2.45, 2.75) is 45.1 Å². The van der Waals surface area contributed by atoms with Gasteiger partial charge >= 0.3 is 0 Å². The highest BCUT2D eigenvalue weighted by Crippen LogP contribution is 2.31. The van der Waals surface area contributed by atoms with E-state index in [1.54, 1.807) is 0 Å². The Morgan fingerprint density at radius 3 is 3.00 bits per heavy atom. The monoisotopic (exact) mass is 282 g/mol. The van der Waals surface area contributed by atoms with Crippen LogP contribution in [0.3, 0.4) is 0 Å². The first-order valence-corrected chi connectivity index (χ1v) is 6.96. The zero-order valence-electron chi connectivity index (χ0n) is 9.75. The smallest absolute Gasteiger partial charge is 0.0590 e. The van der Waals surface area contributed by atoms with Crippen molar-refractivity contribution in [3.8, 4) is 0 Å². The molecule has 1 N–H and O–H groups in total. The van der Waals surface area contributed by atoms with Gasteiger partial charge in [0.15, 0.2) is 0 Å². The van der Waals surface area contributed by atoms with E-state index >= 15 is 0 Å². The molecule has 0 saturated heterocycles. The van der Waals surface area contributed by atoms with Crippen molar-refractivity contribution in [1.82, 2.24) is 4.98 Å². The lowest BCUT2D eigenvalue weighted by atomic mass is 9.83. The summed E-state index contributed by atoms with van der Waals surface area (Å²) in [4.78, 5) is 4.09. The summed E-state index contributed by atoms with van der Waals surface area (Å²) in [6, 6.07) is 2.68. The zero-order valence-corrected chi connectivity index (χ0v) is 11.3. The van der Waals surface area contributed by atoms with Gasteiger partial charge in [-0.2, -0.15) is 0 Å². The van der Waals surface area contributed by atoms with Gasteiger partial charge in [0.2, 0.25) is 0 Å². The Hall–Kier alpha value is -0.570. The molecule has 1 aliphatic rings. The molecule has 2 rings (SSSR count). The van der Waals surface area contributed by atoms with Crippen LogP contribution in [0.2, 0.25) is 0 Å². The second-order valence-corrected chi connectivity index (χ2v) is 5.41. The van der Waals surface area contributed by atoms with Crippen LogP contribution < -0.4 is 5.32 Å². The number of hydrogen-bond acceptors (Lipinski definition) is 2. The van der Waals surface area contributed by atoms with E-state index in [2.05, 4.69) is 33.2 Å². The van der Waals surface area contributed by atoms with E-state index in [0.717, 1.165) is 10.4 Å². The van der Waals surface area contributed by atoms with E-state index in [1.165, 1.54) is 37.8 Å². The van der Waals surface area contributed by atoms with E-state index in [4.69, 9.17) is 0 Å². The fourth-order valence-corrected chi connectivity index (χ4v) is 2.94. The van der Waals surface area contributed by atoms with Crippen LogP contribution in [0.25, 0.3) is 0 Å². The van der Waals surface area contributed by atoms with Gasteiger partial charge in [-0.1, -0.05) is 26.2 Å². The summed E-state index contributed by atoms with van der Waals surface area (Å²) in [5.74, 6) is 0.828. The summed E-state index contributed by atoms with van der Waals surface area (Å²) in [6.45, 7) is 2.30. The first-order chi connectivity index (χ1) is 7.81. The predicted molar refractivity (Wildman–Crippen MR) is 71.6 cm³/mol. The molecule has 2 nitrogen and oxygen atoms in total. The molecule has 88 valence electrons. The van der Waals surface area contributed by atoms with E-state index in [9.17, 15) is 0 Å². The largest absolute Gasteiger partial charge is 0.381 e. The summed E-state index contributed by atoms with van der Waals surface area (Å²) in [5, 5.41) is 3.66. The van der Waals surface area contributed by atoms with Gasteiger partial charge in [0.1, 0.15) is 0 Å². The van der Waals surface area contributed by atoms with Crippen LogP contribution in [0.15, 0.2) is 22.9 Å². The van der Waals surface area contributed by atoms with Gasteiger partial charge in [0, 0.05) is 18.4 Å². The Morgan fingerprint density at radius 1 is 1.44 bits per heavy atom. The zero-order chi connectivity index (χ0) is 11.4. The minimum Gasteiger partial charge on any atom is -0.381 e. The lowest BCUT2D eigenvalue weighted by Crippen LogP contribution is -2.31. The normalized spacial score (nSPS) is 25.4. The van der Waals surface area contributed by atoms with Crippen LogP contribution in [0.5, 0.6) is 0 Å². The summed E-state index contributed by atoms with van der Waals surface area (Å²) in [6.07, 6.45) is 10.4. The highest BCUT2D eigenvalue weighted by molar-refractivity contribution is 9.10. The third kappa shape index (κ3) is 2.76. The molecule has 0 radical (unpaired) electrons. The second-order valence-electron chi connectivity index (χ2n) is 4.56. The third-order valence-electron chi connectivity index (χ3n) is 3.55. The summed E-state index contributed by atoms with van der Waals surface area (Å²) in [7, 11) is 0. The van der Waals surface area contributed by atoms with Gasteiger partial charge in [-0.15, -0.1) is 0 Å². The highest BCUT2D eigenvalue weighted by Gasteiger charge is 2.23. The molecule has 16 heavy (non-hydrogen) atoms. The van der Waals surface area contributed by atoms with Crippen molar-refractivity contribution in [2.75, 3.05) is 5.32 Å². The number of rotatable bonds is 3. The van der Waals surface area contributed by atoms with Gasteiger partial charge < -0.3 is 5.32 Å². The van der Waals surface area contributed by atoms with Crippen molar-refractivity contribution in [2.24, 2.45) is 5.92 Å². The third-order valence-corrected chi connectivity index (χ3v) is 4.18. The van der Waals surface area contributed by atoms with Crippen LogP contribution >= 0.6 is 15.9 Å². The molecule has 3 heteroatoms. The fraction of sp³-hybridized carbons (Fsp3) is 0.615. The number of pyridine rings is 1. The Labute approximate surface area is 106 Å². The standard InChI is InChI=1S/C13H19BrN2/c1-2-10-5-3-4-6-12(10)16-13-7-8-15-9-11(13)14/h7-10,12H,2-6H2,1H3,(H,15,16). The Bertz CT molecular complexity index is 340. The molecule has 0 aromatic carbocycles. The molecule has 1 aromatic rings. The number of aromatic nitrogens is 1. The molecule has 1 saturated carbocycles. The molecular formula is C13H19BrN2. The van der Waals surface area contributed by atoms with E-state index in [0.29, 0.717) is 6.04 Å². The fourth-order valence-electron chi connectivity index (χ4n) is 2.58. The molecule has 0 bridgehead atoms. The number of hydrogen-bond donors (Lipinski definition) is 1. The van der Waals surface area contributed by atoms with Crippen LogP contribution in [0.4, 0.5) is 5.69 Å². The minimum absolute atomic E-state index is 0.637. The molecule has 1 aromatic heterocycles. The summed E-state index contributed by atoms with van der Waals surface area (Å²) < 4.78 is 1.07. The molecule has 2 unspecified atom stereocenters. The van der Waals surface area contributed by atoms with E-state index < -0.39 is 0 Å². The molecule has 1 fully saturated rings. The molecule has 0 amide bonds. The number of nitrogens with zero attached hydrogens (tertiary/aromatic N) is 1. The number of anilines is 1. The van der Waals surface area contributed by atoms with Gasteiger partial charge in [-0.05, 0) is 40.8 Å². The van der Waals surface area contributed by atoms with Gasteiger partial charge in [-0.25, -0.2) is 0 Å². The molecule has 2 atom stereocenters. The van der Waals surface area contributed by atoms with Crippen molar-refractivity contribution in [3.63, 3.8) is 0 Å². The quantitative estimate of drug-likeness (QED) is 0.898. The second kappa shape index (κ2) is 5.67. The molecule has 1 heterocycles. The average Bonchev–Trinajstić information content (AvgIpc) is 2.33. The molecule has 0 spiro atoms. The van der Waals surface area contributed by atoms with Crippen molar-refractivity contribution in [3.05, 3.63) is 22.9 Å². The van der Waals surface area contributed by atoms with Crippen LogP contribution in [0.1, 0.15) is 39.0 Å². The lowest BCUT2D eigenvalue weighted by Gasteiger charge is -2.32. The number of halogens is 1. The Kier molecular flexibility index (Phi) is 4.22. The Balaban J connectivity index is 2.05. The molecule has 0 aliphatic heterocycles. The van der Waals surface area contributed by atoms with Gasteiger partial charge in [0.05, 0.1) is 10.2 Å². The molecule has 1 aliphatic carbocycles. The maximum atomic E-state index is 4.09. The average molecular weight is 283 g/mol. The van der Waals surface area contributed by atoms with Gasteiger partial charge in [0.25, 0.3) is 0 Å². The van der Waals surface area contributed by atoms with Gasteiger partial charge in [-0.3, -0.25) is 4.98 Å². The maximum Gasteiger partial charge on any atom is 0.0590 e. The van der Waals surface area contributed by atoms with Crippen LogP contribution in [0, 0.1) is 5.92 Å². The Morgan fingerprint density at radius 2 is 2.25 bits per heavy atom. The number of nitrogens with one attached hydrogen (secondary N) is 1. The SMILES string of the molecule is CCC1CCCCC1Nc1ccncc1Br. The maximum absolute atomic E-state index is 4.09. The van der Waals surface area contributed by atoms with Crippen molar-refractivity contribution in [1.29, 1.82) is 0 Å².